The van der Waals surface area contributed by atoms with Gasteiger partial charge in [-0.3, -0.25) is 9.90 Å². The van der Waals surface area contributed by atoms with Crippen LogP contribution in [0.15, 0.2) is 24.3 Å². The third-order valence-electron chi connectivity index (χ3n) is 2.04. The third-order valence-corrected chi connectivity index (χ3v) is 2.90. The van der Waals surface area contributed by atoms with Crippen molar-refractivity contribution >= 4 is 29.0 Å². The van der Waals surface area contributed by atoms with E-state index in [0.717, 1.165) is 0 Å². The lowest BCUT2D eigenvalue weighted by molar-refractivity contribution is 0.103. The lowest BCUT2D eigenvalue weighted by atomic mass is 10.0. The molecule has 1 rings (SSSR count). The van der Waals surface area contributed by atoms with E-state index >= 15 is 0 Å². The molecule has 1 aromatic rings. The first-order valence-electron chi connectivity index (χ1n) is 4.36. The Morgan fingerprint density at radius 2 is 1.93 bits per heavy atom. The Hall–Kier alpha value is -0.990. The molecule has 0 aliphatic carbocycles. The van der Waals surface area contributed by atoms with Gasteiger partial charge in [0.25, 0.3) is 0 Å². The van der Waals surface area contributed by atoms with Gasteiger partial charge in [-0.15, -0.1) is 0 Å². The van der Waals surface area contributed by atoms with Crippen LogP contribution in [0.3, 0.4) is 0 Å². The summed E-state index contributed by atoms with van der Waals surface area (Å²) < 4.78 is 0. The number of hydrogen-bond acceptors (Lipinski definition) is 1. The smallest absolute Gasteiger partial charge is 0.198 e. The van der Waals surface area contributed by atoms with E-state index in [1.807, 2.05) is 6.92 Å². The first-order valence-corrected chi connectivity index (χ1v) is 5.12. The molecule has 15 heavy (non-hydrogen) atoms. The van der Waals surface area contributed by atoms with Crippen molar-refractivity contribution in [3.8, 4) is 5.75 Å². The number of halogens is 2. The number of carbonyl (C=O) groups excluding carboxylic acids is 1. The number of hydrogen-bond donors (Lipinski definition) is 0. The van der Waals surface area contributed by atoms with E-state index in [0.29, 0.717) is 12.0 Å². The van der Waals surface area contributed by atoms with Gasteiger partial charge in [-0.25, -0.2) is 0 Å². The molecule has 1 radical (unpaired) electrons. The predicted octanol–water partition coefficient (Wildman–Crippen LogP) is 4.29. The fourth-order valence-corrected chi connectivity index (χ4v) is 1.46. The van der Waals surface area contributed by atoms with E-state index in [-0.39, 0.29) is 27.1 Å². The molecule has 0 N–H and O–H groups in total. The van der Waals surface area contributed by atoms with Crippen LogP contribution in [-0.4, -0.2) is 5.78 Å². The Labute approximate surface area is 98.1 Å². The van der Waals surface area contributed by atoms with E-state index in [4.69, 9.17) is 23.2 Å². The molecule has 0 aromatic heterocycles. The number of benzene rings is 1. The van der Waals surface area contributed by atoms with Crippen molar-refractivity contribution in [2.75, 3.05) is 0 Å². The Kier molecular flexibility index (Phi) is 3.77. The van der Waals surface area contributed by atoms with Crippen molar-refractivity contribution in [1.29, 1.82) is 0 Å². The minimum atomic E-state index is -0.389. The quantitative estimate of drug-likeness (QED) is 0.577. The molecule has 0 saturated carbocycles. The second kappa shape index (κ2) is 4.69. The number of allylic oxidation sites excluding steroid dienone is 1. The van der Waals surface area contributed by atoms with Gasteiger partial charge in [-0.05, 0) is 24.1 Å². The van der Waals surface area contributed by atoms with E-state index in [2.05, 4.69) is 6.58 Å². The van der Waals surface area contributed by atoms with Crippen LogP contribution in [0.4, 0.5) is 0 Å². The van der Waals surface area contributed by atoms with Gasteiger partial charge in [-0.1, -0.05) is 36.7 Å². The summed E-state index contributed by atoms with van der Waals surface area (Å²) in [7, 11) is 0. The molecule has 1 aromatic carbocycles. The van der Waals surface area contributed by atoms with Crippen LogP contribution < -0.4 is 0 Å². The van der Waals surface area contributed by atoms with Gasteiger partial charge in [0, 0.05) is 5.56 Å². The highest BCUT2D eigenvalue weighted by Gasteiger charge is 2.17. The molecule has 0 bridgehead atoms. The van der Waals surface area contributed by atoms with Gasteiger partial charge in [0.15, 0.2) is 11.5 Å². The average molecular weight is 244 g/mol. The number of rotatable bonds is 3. The van der Waals surface area contributed by atoms with E-state index in [1.54, 1.807) is 0 Å². The summed E-state index contributed by atoms with van der Waals surface area (Å²) in [6, 6.07) is 2.60. The van der Waals surface area contributed by atoms with Gasteiger partial charge >= 0.3 is 0 Å². The van der Waals surface area contributed by atoms with E-state index in [1.165, 1.54) is 12.1 Å². The van der Waals surface area contributed by atoms with Gasteiger partial charge in [-0.2, -0.15) is 0 Å². The van der Waals surface area contributed by atoms with Crippen molar-refractivity contribution < 1.29 is 9.90 Å². The Morgan fingerprint density at radius 1 is 1.33 bits per heavy atom. The summed E-state index contributed by atoms with van der Waals surface area (Å²) >= 11 is 11.4. The first kappa shape index (κ1) is 12.1. The zero-order chi connectivity index (χ0) is 11.6. The molecule has 0 atom stereocenters. The van der Waals surface area contributed by atoms with Crippen LogP contribution in [0, 0.1) is 0 Å². The normalized spacial score (nSPS) is 10.1. The Morgan fingerprint density at radius 3 is 2.47 bits per heavy atom. The summed E-state index contributed by atoms with van der Waals surface area (Å²) in [6.45, 7) is 5.43. The van der Waals surface area contributed by atoms with Crippen molar-refractivity contribution in [1.82, 2.24) is 0 Å². The largest absolute Gasteiger partial charge is 0.289 e. The fraction of sp³-hybridized carbons (Fsp3) is 0.182. The highest BCUT2D eigenvalue weighted by atomic mass is 35.5. The SMILES string of the molecule is C=C(CC)C(=O)c1ccc([O])c(Cl)c1Cl. The van der Waals surface area contributed by atoms with Crippen LogP contribution in [0.5, 0.6) is 5.75 Å². The van der Waals surface area contributed by atoms with E-state index in [9.17, 15) is 9.90 Å². The minimum absolute atomic E-state index is 0.00349. The Balaban J connectivity index is 3.22. The first-order chi connectivity index (χ1) is 6.99. The summed E-state index contributed by atoms with van der Waals surface area (Å²) in [6.07, 6.45) is 0.534. The van der Waals surface area contributed by atoms with Crippen LogP contribution in [-0.2, 0) is 5.11 Å². The van der Waals surface area contributed by atoms with Crippen molar-refractivity contribution in [3.63, 3.8) is 0 Å². The molecular weight excluding hydrogens is 235 g/mol. The van der Waals surface area contributed by atoms with Gasteiger partial charge in [0.05, 0.1) is 5.02 Å². The maximum absolute atomic E-state index is 11.7. The highest BCUT2D eigenvalue weighted by Crippen LogP contribution is 2.35. The topological polar surface area (TPSA) is 37.0 Å². The molecule has 0 heterocycles. The number of carbonyl (C=O) groups is 1. The van der Waals surface area contributed by atoms with Crippen LogP contribution >= 0.6 is 23.2 Å². The average Bonchev–Trinajstić information content (AvgIpc) is 2.24. The molecule has 0 aliphatic heterocycles. The van der Waals surface area contributed by atoms with Gasteiger partial charge < -0.3 is 0 Å². The monoisotopic (exact) mass is 243 g/mol. The molecule has 0 amide bonds. The molecule has 0 saturated heterocycles. The second-order valence-electron chi connectivity index (χ2n) is 3.03. The van der Waals surface area contributed by atoms with Crippen molar-refractivity contribution in [2.45, 2.75) is 13.3 Å². The van der Waals surface area contributed by atoms with Gasteiger partial charge in [0.1, 0.15) is 5.02 Å². The lowest BCUT2D eigenvalue weighted by Crippen LogP contribution is -2.02. The van der Waals surface area contributed by atoms with Crippen LogP contribution in [0.25, 0.3) is 0 Å². The maximum atomic E-state index is 11.7. The Bertz CT molecular complexity index is 425. The molecule has 0 unspecified atom stereocenters. The molecule has 0 fully saturated rings. The zero-order valence-corrected chi connectivity index (χ0v) is 9.65. The highest BCUT2D eigenvalue weighted by molar-refractivity contribution is 6.45. The van der Waals surface area contributed by atoms with Crippen LogP contribution in [0.1, 0.15) is 23.7 Å². The summed E-state index contributed by atoms with van der Waals surface area (Å²) in [5, 5.41) is 11.0. The predicted molar refractivity (Wildman–Crippen MR) is 60.4 cm³/mol. The number of Topliss-reactive ketones (excluding diaryl/α,β-unsaturated/α-hetero) is 1. The molecule has 0 spiro atoms. The van der Waals surface area contributed by atoms with Gasteiger partial charge in [0.2, 0.25) is 0 Å². The summed E-state index contributed by atoms with van der Waals surface area (Å²) in [5.41, 5.74) is 0.666. The standard InChI is InChI=1S/C11H9Cl2O2/c1-3-6(2)11(15)7-4-5-8(14)10(13)9(7)12/h4-5H,2-3H2,1H3. The molecule has 4 heteroatoms. The molecular formula is C11H9Cl2O2. The minimum Gasteiger partial charge on any atom is -0.289 e. The zero-order valence-electron chi connectivity index (χ0n) is 8.14. The fourth-order valence-electron chi connectivity index (χ4n) is 1.06. The van der Waals surface area contributed by atoms with E-state index < -0.39 is 0 Å². The molecule has 2 nitrogen and oxygen atoms in total. The van der Waals surface area contributed by atoms with Crippen molar-refractivity contribution in [3.05, 3.63) is 39.9 Å². The lowest BCUT2D eigenvalue weighted by Gasteiger charge is -2.06. The maximum Gasteiger partial charge on any atom is 0.198 e. The summed E-state index contributed by atoms with van der Waals surface area (Å²) in [4.78, 5) is 11.7. The van der Waals surface area contributed by atoms with Crippen molar-refractivity contribution in [2.24, 2.45) is 0 Å². The van der Waals surface area contributed by atoms with Crippen LogP contribution in [0.2, 0.25) is 10.0 Å². The summed E-state index contributed by atoms with van der Waals surface area (Å²) in [5.74, 6) is -0.662. The molecule has 0 aliphatic rings. The second-order valence-corrected chi connectivity index (χ2v) is 3.78. The third kappa shape index (κ3) is 2.33. The number of ketones is 1. The molecule has 79 valence electrons.